The molecule has 4 aromatic rings. The van der Waals surface area contributed by atoms with E-state index in [9.17, 15) is 4.79 Å². The van der Waals surface area contributed by atoms with Crippen molar-refractivity contribution in [2.45, 2.75) is 0 Å². The van der Waals surface area contributed by atoms with E-state index in [1.54, 1.807) is 23.1 Å². The van der Waals surface area contributed by atoms with Crippen molar-refractivity contribution in [3.05, 3.63) is 101 Å². The molecule has 4 aromatic carbocycles. The van der Waals surface area contributed by atoms with Crippen molar-refractivity contribution >= 4 is 57.1 Å². The third-order valence-electron chi connectivity index (χ3n) is 4.40. The second kappa shape index (κ2) is 7.93. The fourth-order valence-corrected chi connectivity index (χ4v) is 3.40. The van der Waals surface area contributed by atoms with Gasteiger partial charge in [-0.25, -0.2) is 4.79 Å². The molecule has 4 rings (SSSR count). The number of hydrogen-bond donors (Lipinski definition) is 1. The van der Waals surface area contributed by atoms with Crippen LogP contribution in [0.4, 0.5) is 21.9 Å². The maximum absolute atomic E-state index is 13.3. The molecule has 0 aliphatic rings. The predicted molar refractivity (Wildman–Crippen MR) is 118 cm³/mol. The number of carbonyl (C=O) groups excluding carboxylic acids is 1. The summed E-state index contributed by atoms with van der Waals surface area (Å²) in [6, 6.07) is 28.1. The number of nitrogens with zero attached hydrogens (tertiary/aromatic N) is 1. The van der Waals surface area contributed by atoms with Gasteiger partial charge in [0.2, 0.25) is 0 Å². The van der Waals surface area contributed by atoms with Gasteiger partial charge in [-0.2, -0.15) is 0 Å². The molecule has 0 saturated carbocycles. The first-order valence-corrected chi connectivity index (χ1v) is 9.48. The van der Waals surface area contributed by atoms with E-state index >= 15 is 0 Å². The van der Waals surface area contributed by atoms with Crippen LogP contribution in [0.1, 0.15) is 0 Å². The molecule has 2 amide bonds. The number of amides is 2. The molecule has 138 valence electrons. The van der Waals surface area contributed by atoms with Crippen molar-refractivity contribution in [3.63, 3.8) is 0 Å². The van der Waals surface area contributed by atoms with E-state index in [0.29, 0.717) is 15.7 Å². The molecule has 0 atom stereocenters. The molecule has 0 aromatic heterocycles. The van der Waals surface area contributed by atoms with Gasteiger partial charge in [-0.05, 0) is 41.8 Å². The summed E-state index contributed by atoms with van der Waals surface area (Å²) < 4.78 is 0. The normalized spacial score (nSPS) is 10.6. The van der Waals surface area contributed by atoms with E-state index < -0.39 is 0 Å². The van der Waals surface area contributed by atoms with Gasteiger partial charge in [0, 0.05) is 11.1 Å². The average Bonchev–Trinajstić information content (AvgIpc) is 2.72. The quantitative estimate of drug-likeness (QED) is 0.374. The molecular weight excluding hydrogens is 391 g/mol. The fourth-order valence-electron chi connectivity index (χ4n) is 3.10. The number of hydrogen-bond acceptors (Lipinski definition) is 1. The highest BCUT2D eigenvalue weighted by atomic mass is 35.5. The number of halogens is 2. The highest BCUT2D eigenvalue weighted by Gasteiger charge is 2.20. The maximum atomic E-state index is 13.3. The number of nitrogens with one attached hydrogen (secondary N) is 1. The van der Waals surface area contributed by atoms with Gasteiger partial charge in [0.25, 0.3) is 0 Å². The Morgan fingerprint density at radius 2 is 1.46 bits per heavy atom. The molecule has 28 heavy (non-hydrogen) atoms. The molecule has 0 fully saturated rings. The average molecular weight is 407 g/mol. The summed E-state index contributed by atoms with van der Waals surface area (Å²) in [5.74, 6) is 0. The van der Waals surface area contributed by atoms with E-state index in [2.05, 4.69) is 5.32 Å². The smallest absolute Gasteiger partial charge is 0.307 e. The molecule has 0 unspecified atom stereocenters. The topological polar surface area (TPSA) is 32.3 Å². The molecule has 5 heteroatoms. The molecule has 0 saturated heterocycles. The van der Waals surface area contributed by atoms with Gasteiger partial charge in [-0.1, -0.05) is 77.8 Å². The summed E-state index contributed by atoms with van der Waals surface area (Å²) in [6.07, 6.45) is 0. The van der Waals surface area contributed by atoms with Crippen LogP contribution in [0.2, 0.25) is 10.0 Å². The minimum absolute atomic E-state index is 0.291. The monoisotopic (exact) mass is 406 g/mol. The Morgan fingerprint density at radius 1 is 0.750 bits per heavy atom. The lowest BCUT2D eigenvalue weighted by atomic mass is 10.1. The largest absolute Gasteiger partial charge is 0.330 e. The van der Waals surface area contributed by atoms with E-state index in [1.165, 1.54) is 0 Å². The third-order valence-corrected chi connectivity index (χ3v) is 5.13. The van der Waals surface area contributed by atoms with Gasteiger partial charge in [0.05, 0.1) is 21.4 Å². The molecule has 0 spiro atoms. The molecule has 1 N–H and O–H groups in total. The van der Waals surface area contributed by atoms with Crippen molar-refractivity contribution in [1.82, 2.24) is 0 Å². The predicted octanol–water partition coefficient (Wildman–Crippen LogP) is 7.52. The molecular formula is C23H16Cl2N2O. The number of rotatable bonds is 3. The second-order valence-electron chi connectivity index (χ2n) is 6.23. The summed E-state index contributed by atoms with van der Waals surface area (Å²) >= 11 is 12.1. The van der Waals surface area contributed by atoms with E-state index in [1.807, 2.05) is 72.8 Å². The molecule has 0 radical (unpaired) electrons. The Hall–Kier alpha value is -3.01. The molecule has 0 heterocycles. The first kappa shape index (κ1) is 18.4. The molecule has 3 nitrogen and oxygen atoms in total. The summed E-state index contributed by atoms with van der Waals surface area (Å²) in [4.78, 5) is 14.9. The highest BCUT2D eigenvalue weighted by Crippen LogP contribution is 2.33. The van der Waals surface area contributed by atoms with Crippen molar-refractivity contribution in [2.75, 3.05) is 10.2 Å². The van der Waals surface area contributed by atoms with Gasteiger partial charge >= 0.3 is 6.03 Å². The van der Waals surface area contributed by atoms with Crippen LogP contribution in [0.15, 0.2) is 91.0 Å². The first-order valence-electron chi connectivity index (χ1n) is 8.72. The van der Waals surface area contributed by atoms with Gasteiger partial charge in [-0.15, -0.1) is 0 Å². The Kier molecular flexibility index (Phi) is 5.20. The summed E-state index contributed by atoms with van der Waals surface area (Å²) in [5.41, 5.74) is 2.12. The SMILES string of the molecule is O=C(Nc1ccc(Cl)c(Cl)c1)N(c1ccccc1)c1cccc2ccccc12. The zero-order valence-corrected chi connectivity index (χ0v) is 16.3. The van der Waals surface area contributed by atoms with Gasteiger partial charge < -0.3 is 5.32 Å². The van der Waals surface area contributed by atoms with Gasteiger partial charge in [0.15, 0.2) is 0 Å². The van der Waals surface area contributed by atoms with E-state index in [-0.39, 0.29) is 6.03 Å². The highest BCUT2D eigenvalue weighted by molar-refractivity contribution is 6.42. The van der Waals surface area contributed by atoms with E-state index in [4.69, 9.17) is 23.2 Å². The fraction of sp³-hybridized carbons (Fsp3) is 0. The van der Waals surface area contributed by atoms with Crippen LogP contribution in [-0.2, 0) is 0 Å². The standard InChI is InChI=1S/C23H16Cl2N2O/c24-20-14-13-17(15-21(20)25)26-23(28)27(18-9-2-1-3-10-18)22-12-6-8-16-7-4-5-11-19(16)22/h1-15H,(H,26,28). The van der Waals surface area contributed by atoms with Crippen LogP contribution in [0.3, 0.4) is 0 Å². The minimum Gasteiger partial charge on any atom is -0.307 e. The molecule has 0 aliphatic heterocycles. The van der Waals surface area contributed by atoms with Crippen LogP contribution in [0.25, 0.3) is 10.8 Å². The van der Waals surface area contributed by atoms with Crippen molar-refractivity contribution in [1.29, 1.82) is 0 Å². The summed E-state index contributed by atoms with van der Waals surface area (Å²) in [6.45, 7) is 0. The number of anilines is 3. The Balaban J connectivity index is 1.80. The number of carbonyl (C=O) groups is 1. The third kappa shape index (κ3) is 3.68. The number of para-hydroxylation sites is 1. The van der Waals surface area contributed by atoms with Crippen LogP contribution in [0.5, 0.6) is 0 Å². The zero-order chi connectivity index (χ0) is 19.5. The minimum atomic E-state index is -0.291. The van der Waals surface area contributed by atoms with Crippen LogP contribution < -0.4 is 10.2 Å². The van der Waals surface area contributed by atoms with Gasteiger partial charge in [-0.3, -0.25) is 4.90 Å². The Bertz CT molecular complexity index is 1140. The van der Waals surface area contributed by atoms with Crippen molar-refractivity contribution in [2.24, 2.45) is 0 Å². The number of urea groups is 1. The molecule has 0 bridgehead atoms. The van der Waals surface area contributed by atoms with Crippen LogP contribution in [-0.4, -0.2) is 6.03 Å². The maximum Gasteiger partial charge on any atom is 0.330 e. The second-order valence-corrected chi connectivity index (χ2v) is 7.04. The Morgan fingerprint density at radius 3 is 2.25 bits per heavy atom. The Labute approximate surface area is 173 Å². The van der Waals surface area contributed by atoms with Crippen LogP contribution >= 0.6 is 23.2 Å². The molecule has 0 aliphatic carbocycles. The summed E-state index contributed by atoms with van der Waals surface area (Å²) in [5, 5.41) is 5.78. The summed E-state index contributed by atoms with van der Waals surface area (Å²) in [7, 11) is 0. The lowest BCUT2D eigenvalue weighted by Gasteiger charge is -2.25. The van der Waals surface area contributed by atoms with Crippen molar-refractivity contribution < 1.29 is 4.79 Å². The zero-order valence-electron chi connectivity index (χ0n) is 14.8. The number of benzene rings is 4. The number of fused-ring (bicyclic) bond motifs is 1. The van der Waals surface area contributed by atoms with Crippen LogP contribution in [0, 0.1) is 0 Å². The lowest BCUT2D eigenvalue weighted by Crippen LogP contribution is -2.31. The van der Waals surface area contributed by atoms with Crippen molar-refractivity contribution in [3.8, 4) is 0 Å². The van der Waals surface area contributed by atoms with E-state index in [0.717, 1.165) is 22.1 Å². The first-order chi connectivity index (χ1) is 13.6. The lowest BCUT2D eigenvalue weighted by molar-refractivity contribution is 0.259. The van der Waals surface area contributed by atoms with Gasteiger partial charge in [0.1, 0.15) is 0 Å².